The second-order valence-electron chi connectivity index (χ2n) is 3.93. The smallest absolute Gasteiger partial charge is 0.144 e. The lowest BCUT2D eigenvalue weighted by molar-refractivity contribution is 0.174. The molecule has 1 fully saturated rings. The van der Waals surface area contributed by atoms with E-state index in [9.17, 15) is 5.11 Å². The Bertz CT molecular complexity index is 338. The van der Waals surface area contributed by atoms with Gasteiger partial charge in [-0.1, -0.05) is 11.6 Å². The number of likely N-dealkylation sites (tertiary alicyclic amines) is 1. The Morgan fingerprint density at radius 1 is 1.60 bits per heavy atom. The third-order valence-corrected chi connectivity index (χ3v) is 2.68. The average molecular weight is 228 g/mol. The monoisotopic (exact) mass is 227 g/mol. The predicted molar refractivity (Wildman–Crippen MR) is 57.7 cm³/mol. The summed E-state index contributed by atoms with van der Waals surface area (Å²) in [7, 11) is 0. The molecule has 1 N–H and O–H groups in total. The van der Waals surface area contributed by atoms with Crippen LogP contribution in [0.4, 0.5) is 0 Å². The van der Waals surface area contributed by atoms with E-state index in [2.05, 4.69) is 14.9 Å². The van der Waals surface area contributed by atoms with Crippen molar-refractivity contribution in [2.75, 3.05) is 13.1 Å². The maximum absolute atomic E-state index is 9.38. The minimum Gasteiger partial charge on any atom is -0.392 e. The zero-order valence-electron chi connectivity index (χ0n) is 8.65. The molecule has 2 heterocycles. The van der Waals surface area contributed by atoms with E-state index in [1.165, 1.54) is 0 Å². The number of aryl methyl sites for hydroxylation is 1. The molecule has 2 rings (SSSR count). The maximum atomic E-state index is 9.38. The van der Waals surface area contributed by atoms with Crippen LogP contribution in [0.5, 0.6) is 0 Å². The molecule has 0 aromatic carbocycles. The van der Waals surface area contributed by atoms with Crippen LogP contribution in [-0.2, 0) is 6.54 Å². The van der Waals surface area contributed by atoms with Crippen LogP contribution >= 0.6 is 11.6 Å². The van der Waals surface area contributed by atoms with Crippen LogP contribution in [-0.4, -0.2) is 39.2 Å². The van der Waals surface area contributed by atoms with E-state index in [0.29, 0.717) is 18.2 Å². The van der Waals surface area contributed by atoms with Crippen molar-refractivity contribution in [3.05, 3.63) is 22.7 Å². The highest BCUT2D eigenvalue weighted by molar-refractivity contribution is 6.29. The van der Waals surface area contributed by atoms with Gasteiger partial charge >= 0.3 is 0 Å². The quantitative estimate of drug-likeness (QED) is 0.766. The fourth-order valence-electron chi connectivity index (χ4n) is 1.82. The van der Waals surface area contributed by atoms with Crippen LogP contribution < -0.4 is 0 Å². The Morgan fingerprint density at radius 2 is 2.40 bits per heavy atom. The minimum absolute atomic E-state index is 0.203. The molecule has 15 heavy (non-hydrogen) atoms. The van der Waals surface area contributed by atoms with Gasteiger partial charge in [0.15, 0.2) is 0 Å². The summed E-state index contributed by atoms with van der Waals surface area (Å²) in [5.74, 6) is 0.731. The first-order valence-corrected chi connectivity index (χ1v) is 5.42. The maximum Gasteiger partial charge on any atom is 0.144 e. The lowest BCUT2D eigenvalue weighted by Crippen LogP contribution is -2.22. The highest BCUT2D eigenvalue weighted by Gasteiger charge is 2.20. The molecule has 4 nitrogen and oxygen atoms in total. The van der Waals surface area contributed by atoms with Gasteiger partial charge < -0.3 is 5.11 Å². The Labute approximate surface area is 93.9 Å². The van der Waals surface area contributed by atoms with Gasteiger partial charge in [-0.05, 0) is 19.4 Å². The highest BCUT2D eigenvalue weighted by Crippen LogP contribution is 2.13. The van der Waals surface area contributed by atoms with E-state index in [-0.39, 0.29) is 6.10 Å². The number of rotatable bonds is 2. The van der Waals surface area contributed by atoms with Crippen LogP contribution in [0, 0.1) is 6.92 Å². The van der Waals surface area contributed by atoms with Crippen molar-refractivity contribution in [1.82, 2.24) is 14.9 Å². The molecule has 5 heteroatoms. The third kappa shape index (κ3) is 2.87. The van der Waals surface area contributed by atoms with E-state index >= 15 is 0 Å². The topological polar surface area (TPSA) is 49.2 Å². The van der Waals surface area contributed by atoms with Gasteiger partial charge in [0.1, 0.15) is 11.0 Å². The van der Waals surface area contributed by atoms with Gasteiger partial charge in [0, 0.05) is 18.8 Å². The first-order chi connectivity index (χ1) is 7.13. The SMILES string of the molecule is Cc1cc(Cl)nc(CN2CCC(O)C2)n1. The minimum atomic E-state index is -0.203. The van der Waals surface area contributed by atoms with Crippen LogP contribution in [0.25, 0.3) is 0 Å². The van der Waals surface area contributed by atoms with Gasteiger partial charge in [0.25, 0.3) is 0 Å². The fraction of sp³-hybridized carbons (Fsp3) is 0.600. The molecule has 0 aliphatic carbocycles. The summed E-state index contributed by atoms with van der Waals surface area (Å²) in [6, 6.07) is 1.74. The molecule has 0 spiro atoms. The third-order valence-electron chi connectivity index (χ3n) is 2.48. The van der Waals surface area contributed by atoms with Crippen molar-refractivity contribution in [2.24, 2.45) is 0 Å². The van der Waals surface area contributed by atoms with Gasteiger partial charge in [-0.25, -0.2) is 9.97 Å². The summed E-state index contributed by atoms with van der Waals surface area (Å²) < 4.78 is 0. The fourth-order valence-corrected chi connectivity index (χ4v) is 2.07. The Morgan fingerprint density at radius 3 is 3.00 bits per heavy atom. The Hall–Kier alpha value is -0.710. The normalized spacial score (nSPS) is 22.2. The van der Waals surface area contributed by atoms with Crippen molar-refractivity contribution < 1.29 is 5.11 Å². The molecule has 0 amide bonds. The number of hydrogen-bond acceptors (Lipinski definition) is 4. The number of aromatic nitrogens is 2. The lowest BCUT2D eigenvalue weighted by Gasteiger charge is -2.13. The second-order valence-corrected chi connectivity index (χ2v) is 4.31. The molecule has 0 bridgehead atoms. The molecule has 1 aliphatic rings. The molecule has 0 saturated carbocycles. The van der Waals surface area contributed by atoms with Gasteiger partial charge in [-0.2, -0.15) is 0 Å². The predicted octanol–water partition coefficient (Wildman–Crippen LogP) is 1.01. The van der Waals surface area contributed by atoms with Gasteiger partial charge in [-0.3, -0.25) is 4.90 Å². The number of hydrogen-bond donors (Lipinski definition) is 1. The zero-order chi connectivity index (χ0) is 10.8. The largest absolute Gasteiger partial charge is 0.392 e. The molecule has 0 radical (unpaired) electrons. The molecule has 1 aromatic rings. The number of β-amino-alcohol motifs (C(OH)–C–C–N with tert-alkyl or cyclic N) is 1. The van der Waals surface area contributed by atoms with E-state index < -0.39 is 0 Å². The van der Waals surface area contributed by atoms with Crippen molar-refractivity contribution in [3.63, 3.8) is 0 Å². The molecule has 82 valence electrons. The van der Waals surface area contributed by atoms with Gasteiger partial charge in [0.05, 0.1) is 12.6 Å². The van der Waals surface area contributed by atoms with E-state index in [0.717, 1.165) is 24.5 Å². The van der Waals surface area contributed by atoms with E-state index in [4.69, 9.17) is 11.6 Å². The molecule has 1 aliphatic heterocycles. The molecule has 1 unspecified atom stereocenters. The second kappa shape index (κ2) is 4.43. The number of aliphatic hydroxyl groups is 1. The summed E-state index contributed by atoms with van der Waals surface area (Å²) >= 11 is 5.85. The zero-order valence-corrected chi connectivity index (χ0v) is 9.41. The summed E-state index contributed by atoms with van der Waals surface area (Å²) in [6.07, 6.45) is 0.629. The van der Waals surface area contributed by atoms with Crippen LogP contribution in [0.2, 0.25) is 5.15 Å². The van der Waals surface area contributed by atoms with Crippen LogP contribution in [0.3, 0.4) is 0 Å². The van der Waals surface area contributed by atoms with Crippen molar-refractivity contribution in [3.8, 4) is 0 Å². The first kappa shape index (κ1) is 10.8. The van der Waals surface area contributed by atoms with Gasteiger partial charge in [0.2, 0.25) is 0 Å². The summed E-state index contributed by atoms with van der Waals surface area (Å²) in [6.45, 7) is 4.17. The van der Waals surface area contributed by atoms with E-state index in [1.807, 2.05) is 6.92 Å². The standard InChI is InChI=1S/C10H14ClN3O/c1-7-4-9(11)13-10(12-7)6-14-3-2-8(15)5-14/h4,8,15H,2-3,5-6H2,1H3. The van der Waals surface area contributed by atoms with Gasteiger partial charge in [-0.15, -0.1) is 0 Å². The molecular formula is C10H14ClN3O. The summed E-state index contributed by atoms with van der Waals surface area (Å²) in [5.41, 5.74) is 0.879. The molecule has 1 aromatic heterocycles. The average Bonchev–Trinajstić information content (AvgIpc) is 2.49. The number of nitrogens with zero attached hydrogens (tertiary/aromatic N) is 3. The summed E-state index contributed by atoms with van der Waals surface area (Å²) in [5, 5.41) is 9.86. The van der Waals surface area contributed by atoms with Crippen LogP contribution in [0.1, 0.15) is 17.9 Å². The summed E-state index contributed by atoms with van der Waals surface area (Å²) in [4.78, 5) is 10.6. The Balaban J connectivity index is 2.04. The molecular weight excluding hydrogens is 214 g/mol. The lowest BCUT2D eigenvalue weighted by atomic mass is 10.3. The highest BCUT2D eigenvalue weighted by atomic mass is 35.5. The molecule has 1 atom stereocenters. The number of aliphatic hydroxyl groups excluding tert-OH is 1. The van der Waals surface area contributed by atoms with Crippen molar-refractivity contribution >= 4 is 11.6 Å². The molecule has 1 saturated heterocycles. The van der Waals surface area contributed by atoms with Crippen LogP contribution in [0.15, 0.2) is 6.07 Å². The van der Waals surface area contributed by atoms with Crippen molar-refractivity contribution in [1.29, 1.82) is 0 Å². The van der Waals surface area contributed by atoms with Crippen molar-refractivity contribution in [2.45, 2.75) is 26.0 Å². The van der Waals surface area contributed by atoms with E-state index in [1.54, 1.807) is 6.07 Å². The Kier molecular flexibility index (Phi) is 3.19. The number of halogens is 1. The first-order valence-electron chi connectivity index (χ1n) is 5.04.